The van der Waals surface area contributed by atoms with Crippen LogP contribution < -0.4 is 14.4 Å². The summed E-state index contributed by atoms with van der Waals surface area (Å²) >= 11 is 6.40. The molecular weight excluding hydrogens is 616 g/mol. The number of aliphatic hydroxyl groups is 1. The largest absolute Gasteiger partial charge is 0.490 e. The molecule has 1 fully saturated rings. The van der Waals surface area contributed by atoms with Crippen molar-refractivity contribution < 1.29 is 32.5 Å². The highest BCUT2D eigenvalue weighted by Crippen LogP contribution is 2.46. The molecule has 11 heteroatoms. The molecule has 1 amide bonds. The van der Waals surface area contributed by atoms with E-state index in [1.165, 1.54) is 11.1 Å². The second-order valence-electron chi connectivity index (χ2n) is 13.0. The van der Waals surface area contributed by atoms with Gasteiger partial charge in [-0.3, -0.25) is 4.79 Å². The van der Waals surface area contributed by atoms with Gasteiger partial charge in [0.15, 0.2) is 0 Å². The molecule has 0 aromatic heterocycles. The number of fused-ring (bicyclic) bond motifs is 4. The fourth-order valence-electron chi connectivity index (χ4n) is 7.43. The van der Waals surface area contributed by atoms with Crippen LogP contribution in [0.25, 0.3) is 0 Å². The number of amides is 1. The first-order valence-corrected chi connectivity index (χ1v) is 17.9. The number of hydrogen-bond donors (Lipinski definition) is 2. The number of aliphatic hydroxyl groups excluding tert-OH is 1. The number of sulfonamides is 1. The zero-order valence-electron chi connectivity index (χ0n) is 25.8. The maximum atomic E-state index is 13.5. The van der Waals surface area contributed by atoms with Crippen molar-refractivity contribution >= 4 is 33.2 Å². The van der Waals surface area contributed by atoms with E-state index in [4.69, 9.17) is 25.8 Å². The van der Waals surface area contributed by atoms with E-state index in [1.54, 1.807) is 31.4 Å². The summed E-state index contributed by atoms with van der Waals surface area (Å²) in [7, 11) is -2.53. The molecule has 0 unspecified atom stereocenters. The maximum Gasteiger partial charge on any atom is 0.264 e. The molecule has 0 saturated heterocycles. The first-order valence-electron chi connectivity index (χ1n) is 16.0. The monoisotopic (exact) mass is 658 g/mol. The van der Waals surface area contributed by atoms with Gasteiger partial charge >= 0.3 is 0 Å². The van der Waals surface area contributed by atoms with Crippen LogP contribution in [0.4, 0.5) is 5.69 Å². The molecule has 1 saturated carbocycles. The van der Waals surface area contributed by atoms with Gasteiger partial charge in [0, 0.05) is 36.2 Å². The Morgan fingerprint density at radius 2 is 2.02 bits per heavy atom. The Kier molecular flexibility index (Phi) is 9.78. The fraction of sp³-hybridized carbons (Fsp3) is 0.559. The van der Waals surface area contributed by atoms with Gasteiger partial charge in [-0.15, -0.1) is 0 Å². The second-order valence-corrected chi connectivity index (χ2v) is 15.3. The Hall–Kier alpha value is -2.63. The smallest absolute Gasteiger partial charge is 0.264 e. The highest BCUT2D eigenvalue weighted by atomic mass is 35.5. The zero-order chi connectivity index (χ0) is 31.6. The van der Waals surface area contributed by atoms with Crippen molar-refractivity contribution in [1.82, 2.24) is 4.72 Å². The van der Waals surface area contributed by atoms with Crippen LogP contribution >= 0.6 is 11.6 Å². The highest BCUT2D eigenvalue weighted by Gasteiger charge is 2.44. The third-order valence-electron chi connectivity index (χ3n) is 10.1. The van der Waals surface area contributed by atoms with Crippen LogP contribution in [0.1, 0.15) is 60.0 Å². The zero-order valence-corrected chi connectivity index (χ0v) is 27.3. The lowest BCUT2D eigenvalue weighted by atomic mass is 9.68. The van der Waals surface area contributed by atoms with Crippen LogP contribution in [-0.4, -0.2) is 77.4 Å². The number of anilines is 1. The van der Waals surface area contributed by atoms with Gasteiger partial charge in [-0.25, -0.2) is 13.1 Å². The van der Waals surface area contributed by atoms with E-state index in [2.05, 4.69) is 21.8 Å². The summed E-state index contributed by atoms with van der Waals surface area (Å²) in [4.78, 5) is 15.8. The molecule has 4 aliphatic rings. The first-order chi connectivity index (χ1) is 21.7. The van der Waals surface area contributed by atoms with Gasteiger partial charge in [0.2, 0.25) is 10.0 Å². The molecule has 2 N–H and O–H groups in total. The molecule has 45 heavy (non-hydrogen) atoms. The second kappa shape index (κ2) is 13.6. The lowest BCUT2D eigenvalue weighted by Crippen LogP contribution is -2.49. The SMILES string of the molecule is COCCOC[C@H]1CC/C=C\[C@@H](O)[C@@H]2CC[C@H]2CN2C[C@@]3(CCCc4cc(Cl)ccc43)COc3ccc(cc32)C(=O)NS1(=O)=O. The van der Waals surface area contributed by atoms with Gasteiger partial charge in [-0.05, 0) is 98.2 Å². The molecular formula is C34H43ClN2O7S. The van der Waals surface area contributed by atoms with Crippen LogP contribution in [0.2, 0.25) is 5.02 Å². The summed E-state index contributed by atoms with van der Waals surface area (Å²) < 4.78 is 46.4. The number of rotatable bonds is 5. The summed E-state index contributed by atoms with van der Waals surface area (Å²) in [6.07, 6.45) is 8.55. The van der Waals surface area contributed by atoms with Crippen LogP contribution in [0.3, 0.4) is 0 Å². The van der Waals surface area contributed by atoms with E-state index in [0.717, 1.165) is 42.8 Å². The molecule has 2 aliphatic heterocycles. The quantitative estimate of drug-likeness (QED) is 0.353. The number of aryl methyl sites for hydroxylation is 1. The molecule has 2 aliphatic carbocycles. The Morgan fingerprint density at radius 3 is 2.82 bits per heavy atom. The number of carbonyl (C=O) groups excluding carboxylic acids is 1. The minimum atomic E-state index is -4.08. The Bertz CT molecular complexity index is 1530. The van der Waals surface area contributed by atoms with Crippen molar-refractivity contribution in [2.75, 3.05) is 51.5 Å². The molecule has 2 bridgehead atoms. The van der Waals surface area contributed by atoms with Gasteiger partial charge in [-0.2, -0.15) is 0 Å². The number of allylic oxidation sites excluding steroid dienone is 1. The van der Waals surface area contributed by atoms with Gasteiger partial charge in [-0.1, -0.05) is 29.8 Å². The summed E-state index contributed by atoms with van der Waals surface area (Å²) in [5.41, 5.74) is 3.21. The van der Waals surface area contributed by atoms with E-state index in [1.807, 2.05) is 12.1 Å². The lowest BCUT2D eigenvalue weighted by molar-refractivity contribution is 0.0456. The van der Waals surface area contributed by atoms with E-state index in [-0.39, 0.29) is 42.4 Å². The van der Waals surface area contributed by atoms with E-state index >= 15 is 0 Å². The topological polar surface area (TPSA) is 114 Å². The van der Waals surface area contributed by atoms with E-state index < -0.39 is 27.3 Å². The molecule has 2 heterocycles. The van der Waals surface area contributed by atoms with Crippen LogP contribution in [0.5, 0.6) is 5.75 Å². The number of methoxy groups -OCH3 is 1. The fourth-order valence-corrected chi connectivity index (χ4v) is 8.89. The van der Waals surface area contributed by atoms with Crippen molar-refractivity contribution in [1.29, 1.82) is 0 Å². The van der Waals surface area contributed by atoms with Crippen LogP contribution in [0, 0.1) is 11.8 Å². The van der Waals surface area contributed by atoms with E-state index in [9.17, 15) is 18.3 Å². The molecule has 9 nitrogen and oxygen atoms in total. The molecule has 1 spiro atoms. The Morgan fingerprint density at radius 1 is 1.16 bits per heavy atom. The standard InChI is InChI=1S/C34H43ClN2O7S/c1-42-15-16-43-20-27-6-2-3-7-31(38)28-11-8-25(28)19-37-21-34(14-4-5-23-17-26(35)10-12-29(23)34)22-44-32-13-9-24(18-30(32)37)33(39)36-45(27,40)41/h3,7,9-10,12-13,17-18,25,27-28,31,38H,2,4-6,8,11,14-16,19-22H2,1H3,(H,36,39)/b7-3-/t25-,27+,28+,31+,34-/m0/s1. The predicted molar refractivity (Wildman–Crippen MR) is 174 cm³/mol. The Balaban J connectivity index is 1.36. The maximum absolute atomic E-state index is 13.5. The minimum Gasteiger partial charge on any atom is -0.490 e. The summed E-state index contributed by atoms with van der Waals surface area (Å²) in [6.45, 7) is 2.35. The third kappa shape index (κ3) is 6.90. The number of hydrogen-bond acceptors (Lipinski definition) is 8. The lowest BCUT2D eigenvalue weighted by Gasteiger charge is -2.45. The van der Waals surface area contributed by atoms with Gasteiger partial charge < -0.3 is 24.2 Å². The third-order valence-corrected chi connectivity index (χ3v) is 12.0. The van der Waals surface area contributed by atoms with Crippen molar-refractivity contribution in [2.24, 2.45) is 11.8 Å². The Labute approximate surface area is 270 Å². The minimum absolute atomic E-state index is 0.0758. The van der Waals surface area contributed by atoms with Crippen molar-refractivity contribution in [3.63, 3.8) is 0 Å². The first kappa shape index (κ1) is 32.3. The highest BCUT2D eigenvalue weighted by molar-refractivity contribution is 7.90. The predicted octanol–water partition coefficient (Wildman–Crippen LogP) is 4.64. The van der Waals surface area contributed by atoms with Gasteiger partial charge in [0.25, 0.3) is 5.91 Å². The summed E-state index contributed by atoms with van der Waals surface area (Å²) in [5.74, 6) is 0.331. The number of ether oxygens (including phenoxy) is 3. The van der Waals surface area contributed by atoms with E-state index in [0.29, 0.717) is 38.5 Å². The summed E-state index contributed by atoms with van der Waals surface area (Å²) in [5, 5.41) is 10.9. The number of nitrogens with zero attached hydrogens (tertiary/aromatic N) is 1. The molecule has 244 valence electrons. The normalized spacial score (nSPS) is 30.2. The average Bonchev–Trinajstić information content (AvgIpc) is 3.14. The number of nitrogens with one attached hydrogen (secondary N) is 1. The molecule has 0 radical (unpaired) electrons. The number of halogens is 1. The molecule has 5 atom stereocenters. The van der Waals surface area contributed by atoms with Crippen molar-refractivity contribution in [2.45, 2.75) is 61.7 Å². The van der Waals surface area contributed by atoms with Crippen molar-refractivity contribution in [3.05, 3.63) is 70.3 Å². The van der Waals surface area contributed by atoms with Gasteiger partial charge in [0.05, 0.1) is 38.2 Å². The van der Waals surface area contributed by atoms with Crippen LogP contribution in [0.15, 0.2) is 48.6 Å². The van der Waals surface area contributed by atoms with Crippen LogP contribution in [-0.2, 0) is 31.3 Å². The molecule has 2 aromatic rings. The molecule has 6 rings (SSSR count). The summed E-state index contributed by atoms with van der Waals surface area (Å²) in [6, 6.07) is 11.3. The van der Waals surface area contributed by atoms with Gasteiger partial charge in [0.1, 0.15) is 11.0 Å². The average molecular weight is 659 g/mol. The number of benzene rings is 2. The molecule has 2 aromatic carbocycles. The number of carbonyl (C=O) groups is 1. The van der Waals surface area contributed by atoms with Crippen molar-refractivity contribution in [3.8, 4) is 5.75 Å².